The van der Waals surface area contributed by atoms with Crippen LogP contribution in [-0.2, 0) is 16.0 Å². The van der Waals surface area contributed by atoms with Gasteiger partial charge in [0.2, 0.25) is 0 Å². The average Bonchev–Trinajstić information content (AvgIpc) is 2.61. The maximum atomic E-state index is 11.9. The highest BCUT2D eigenvalue weighted by Crippen LogP contribution is 2.17. The lowest BCUT2D eigenvalue weighted by Crippen LogP contribution is -2.36. The van der Waals surface area contributed by atoms with E-state index in [2.05, 4.69) is 10.3 Å². The molecule has 1 aromatic carbocycles. The number of hydrogen-bond acceptors (Lipinski definition) is 4. The number of carbonyl (C=O) groups is 2. The van der Waals surface area contributed by atoms with Crippen LogP contribution < -0.4 is 5.32 Å². The van der Waals surface area contributed by atoms with Gasteiger partial charge in [0.1, 0.15) is 5.15 Å². The molecule has 0 aliphatic heterocycles. The summed E-state index contributed by atoms with van der Waals surface area (Å²) in [6.45, 7) is 1.50. The van der Waals surface area contributed by atoms with E-state index in [0.717, 1.165) is 12.8 Å². The summed E-state index contributed by atoms with van der Waals surface area (Å²) >= 11 is 11.6. The first-order chi connectivity index (χ1) is 12.0. The Bertz CT molecular complexity index is 738. The van der Waals surface area contributed by atoms with Gasteiger partial charge in [-0.3, -0.25) is 4.79 Å². The van der Waals surface area contributed by atoms with Crippen LogP contribution in [0.1, 0.15) is 29.4 Å². The molecule has 1 N–H and O–H groups in total. The number of amides is 1. The molecule has 132 valence electrons. The van der Waals surface area contributed by atoms with Crippen LogP contribution in [0.4, 0.5) is 0 Å². The Morgan fingerprint density at radius 3 is 2.60 bits per heavy atom. The molecule has 0 fully saturated rings. The molecule has 0 aliphatic carbocycles. The molecule has 0 saturated carbocycles. The maximum Gasteiger partial charge on any atom is 0.359 e. The number of aryl methyl sites for hydroxylation is 1. The van der Waals surface area contributed by atoms with Crippen molar-refractivity contribution in [3.8, 4) is 0 Å². The number of hydrogen-bond donors (Lipinski definition) is 1. The second kappa shape index (κ2) is 9.39. The Hall–Kier alpha value is -2.11. The second-order valence-corrected chi connectivity index (χ2v) is 6.33. The summed E-state index contributed by atoms with van der Waals surface area (Å²) in [5, 5.41) is 3.02. The minimum Gasteiger partial charge on any atom is -0.451 e. The van der Waals surface area contributed by atoms with Crippen molar-refractivity contribution in [2.45, 2.75) is 25.8 Å². The summed E-state index contributed by atoms with van der Waals surface area (Å²) in [6.07, 6.45) is 1.63. The van der Waals surface area contributed by atoms with Crippen molar-refractivity contribution >= 4 is 35.1 Å². The second-order valence-electron chi connectivity index (χ2n) is 5.53. The predicted molar refractivity (Wildman–Crippen MR) is 96.9 cm³/mol. The van der Waals surface area contributed by atoms with Gasteiger partial charge in [-0.25, -0.2) is 9.78 Å². The van der Waals surface area contributed by atoms with Gasteiger partial charge in [0.15, 0.2) is 12.3 Å². The molecule has 25 heavy (non-hydrogen) atoms. The minimum absolute atomic E-state index is 0.0423. The van der Waals surface area contributed by atoms with Crippen LogP contribution in [0.15, 0.2) is 42.5 Å². The molecule has 0 radical (unpaired) electrons. The smallest absolute Gasteiger partial charge is 0.359 e. The van der Waals surface area contributed by atoms with E-state index >= 15 is 0 Å². The SMILES string of the molecule is C[C@@H](CCc1ccccc1)NC(=O)COC(=O)c1nc(Cl)ccc1Cl. The zero-order valence-corrected chi connectivity index (χ0v) is 15.2. The van der Waals surface area contributed by atoms with E-state index in [-0.39, 0.29) is 27.8 Å². The van der Waals surface area contributed by atoms with Crippen molar-refractivity contribution in [3.05, 3.63) is 63.9 Å². The van der Waals surface area contributed by atoms with Crippen molar-refractivity contribution in [1.82, 2.24) is 10.3 Å². The molecule has 0 spiro atoms. The van der Waals surface area contributed by atoms with E-state index in [0.29, 0.717) is 0 Å². The van der Waals surface area contributed by atoms with Gasteiger partial charge in [-0.05, 0) is 37.5 Å². The topological polar surface area (TPSA) is 68.3 Å². The zero-order valence-electron chi connectivity index (χ0n) is 13.7. The molecule has 1 amide bonds. The normalized spacial score (nSPS) is 11.6. The predicted octanol–water partition coefficient (Wildman–Crippen LogP) is 3.68. The Labute approximate surface area is 156 Å². The van der Waals surface area contributed by atoms with Crippen LogP contribution in [-0.4, -0.2) is 29.5 Å². The monoisotopic (exact) mass is 380 g/mol. The number of aromatic nitrogens is 1. The van der Waals surface area contributed by atoms with Crippen LogP contribution in [0, 0.1) is 0 Å². The van der Waals surface area contributed by atoms with Gasteiger partial charge in [-0.15, -0.1) is 0 Å². The third kappa shape index (κ3) is 6.36. The van der Waals surface area contributed by atoms with Gasteiger partial charge in [0, 0.05) is 6.04 Å². The molecule has 0 aliphatic rings. The van der Waals surface area contributed by atoms with Gasteiger partial charge in [-0.2, -0.15) is 0 Å². The van der Waals surface area contributed by atoms with Crippen molar-refractivity contribution in [3.63, 3.8) is 0 Å². The van der Waals surface area contributed by atoms with Crippen LogP contribution in [0.5, 0.6) is 0 Å². The van der Waals surface area contributed by atoms with Gasteiger partial charge in [-0.1, -0.05) is 53.5 Å². The van der Waals surface area contributed by atoms with E-state index in [9.17, 15) is 9.59 Å². The fourth-order valence-corrected chi connectivity index (χ4v) is 2.51. The quantitative estimate of drug-likeness (QED) is 0.587. The van der Waals surface area contributed by atoms with E-state index < -0.39 is 12.6 Å². The maximum absolute atomic E-state index is 11.9. The van der Waals surface area contributed by atoms with Gasteiger partial charge < -0.3 is 10.1 Å². The number of pyridine rings is 1. The molecule has 1 atom stereocenters. The van der Waals surface area contributed by atoms with E-state index in [1.807, 2.05) is 37.3 Å². The Morgan fingerprint density at radius 1 is 1.16 bits per heavy atom. The fraction of sp³-hybridized carbons (Fsp3) is 0.278. The highest BCUT2D eigenvalue weighted by molar-refractivity contribution is 6.34. The molecule has 5 nitrogen and oxygen atoms in total. The number of carbonyl (C=O) groups excluding carboxylic acids is 2. The summed E-state index contributed by atoms with van der Waals surface area (Å²) in [6, 6.07) is 12.9. The Morgan fingerprint density at radius 2 is 1.88 bits per heavy atom. The lowest BCUT2D eigenvalue weighted by Gasteiger charge is -2.14. The molecule has 2 aromatic rings. The third-order valence-corrected chi connectivity index (χ3v) is 3.97. The lowest BCUT2D eigenvalue weighted by molar-refractivity contribution is -0.124. The van der Waals surface area contributed by atoms with Gasteiger partial charge >= 0.3 is 5.97 Å². The van der Waals surface area contributed by atoms with E-state index in [1.54, 1.807) is 0 Å². The minimum atomic E-state index is -0.792. The molecule has 0 saturated heterocycles. The first-order valence-electron chi connectivity index (χ1n) is 7.78. The summed E-state index contributed by atoms with van der Waals surface area (Å²) < 4.78 is 4.93. The molecule has 1 heterocycles. The van der Waals surface area contributed by atoms with Crippen LogP contribution >= 0.6 is 23.2 Å². The largest absolute Gasteiger partial charge is 0.451 e. The molecular formula is C18H18Cl2N2O3. The van der Waals surface area contributed by atoms with Gasteiger partial charge in [0.25, 0.3) is 5.91 Å². The van der Waals surface area contributed by atoms with E-state index in [1.165, 1.54) is 17.7 Å². The highest BCUT2D eigenvalue weighted by Gasteiger charge is 2.16. The summed E-state index contributed by atoms with van der Waals surface area (Å²) in [5.41, 5.74) is 1.09. The molecule has 0 unspecified atom stereocenters. The van der Waals surface area contributed by atoms with Crippen LogP contribution in [0.2, 0.25) is 10.2 Å². The van der Waals surface area contributed by atoms with Crippen molar-refractivity contribution in [1.29, 1.82) is 0 Å². The molecule has 7 heteroatoms. The van der Waals surface area contributed by atoms with Gasteiger partial charge in [0.05, 0.1) is 5.02 Å². The number of benzene rings is 1. The summed E-state index contributed by atoms with van der Waals surface area (Å²) in [5.74, 6) is -1.17. The first-order valence-corrected chi connectivity index (χ1v) is 8.53. The number of ether oxygens (including phenoxy) is 1. The lowest BCUT2D eigenvalue weighted by atomic mass is 10.1. The third-order valence-electron chi connectivity index (χ3n) is 3.46. The van der Waals surface area contributed by atoms with Crippen molar-refractivity contribution in [2.75, 3.05) is 6.61 Å². The Balaban J connectivity index is 1.76. The molecular weight excluding hydrogens is 363 g/mol. The number of halogens is 2. The fourth-order valence-electron chi connectivity index (χ4n) is 2.18. The van der Waals surface area contributed by atoms with E-state index in [4.69, 9.17) is 27.9 Å². The van der Waals surface area contributed by atoms with Crippen LogP contribution in [0.3, 0.4) is 0 Å². The number of nitrogens with one attached hydrogen (secondary N) is 1. The molecule has 0 bridgehead atoms. The first kappa shape index (κ1) is 19.2. The summed E-state index contributed by atoms with van der Waals surface area (Å²) in [4.78, 5) is 27.6. The number of nitrogens with zero attached hydrogens (tertiary/aromatic N) is 1. The number of esters is 1. The Kier molecular flexibility index (Phi) is 7.22. The zero-order chi connectivity index (χ0) is 18.2. The summed E-state index contributed by atoms with van der Waals surface area (Å²) in [7, 11) is 0. The molecule has 1 aromatic heterocycles. The average molecular weight is 381 g/mol. The standard InChI is InChI=1S/C18H18Cl2N2O3/c1-12(7-8-13-5-3-2-4-6-13)21-16(23)11-25-18(24)17-14(19)9-10-15(20)22-17/h2-6,9-10,12H,7-8,11H2,1H3,(H,21,23)/t12-/m0/s1. The molecule has 2 rings (SSSR count). The highest BCUT2D eigenvalue weighted by atomic mass is 35.5. The van der Waals surface area contributed by atoms with Crippen molar-refractivity contribution in [2.24, 2.45) is 0 Å². The van der Waals surface area contributed by atoms with Crippen LogP contribution in [0.25, 0.3) is 0 Å². The number of rotatable bonds is 7. The van der Waals surface area contributed by atoms with Crippen molar-refractivity contribution < 1.29 is 14.3 Å².